The lowest BCUT2D eigenvalue weighted by atomic mass is 10.0. The van der Waals surface area contributed by atoms with Gasteiger partial charge in [0.1, 0.15) is 0 Å². The van der Waals surface area contributed by atoms with Crippen LogP contribution in [0, 0.1) is 5.92 Å². The van der Waals surface area contributed by atoms with Gasteiger partial charge in [-0.25, -0.2) is 13.1 Å². The summed E-state index contributed by atoms with van der Waals surface area (Å²) < 4.78 is 32.7. The molecule has 1 aromatic rings. The van der Waals surface area contributed by atoms with Gasteiger partial charge in [-0.2, -0.15) is 5.10 Å². The van der Waals surface area contributed by atoms with Crippen molar-refractivity contribution in [3.8, 4) is 0 Å². The van der Waals surface area contributed by atoms with Gasteiger partial charge in [0.2, 0.25) is 0 Å². The molecule has 8 heteroatoms. The van der Waals surface area contributed by atoms with E-state index in [4.69, 9.17) is 4.74 Å². The zero-order valence-corrected chi connectivity index (χ0v) is 12.8. The number of rotatable bonds is 7. The van der Waals surface area contributed by atoms with Crippen LogP contribution in [0.4, 0.5) is 0 Å². The van der Waals surface area contributed by atoms with Crippen molar-refractivity contribution in [2.45, 2.75) is 43.3 Å². The highest BCUT2D eigenvalue weighted by Crippen LogP contribution is 2.21. The standard InChI is InChI=1S/C13H22N4O3S/c18-21(19,16-7-10-3-5-20-6-4-10)13-11(9-15-17-13)8-14-12-1-2-12/h9-10,12,14,16H,1-8H2,(H,15,17). The lowest BCUT2D eigenvalue weighted by Gasteiger charge is -2.22. The summed E-state index contributed by atoms with van der Waals surface area (Å²) in [6.45, 7) is 2.43. The summed E-state index contributed by atoms with van der Waals surface area (Å²) in [7, 11) is -3.52. The van der Waals surface area contributed by atoms with Crippen molar-refractivity contribution < 1.29 is 13.2 Å². The number of hydrogen-bond acceptors (Lipinski definition) is 5. The maximum absolute atomic E-state index is 12.4. The van der Waals surface area contributed by atoms with Crippen LogP contribution in [0.1, 0.15) is 31.2 Å². The van der Waals surface area contributed by atoms with Gasteiger partial charge in [0.05, 0.1) is 6.20 Å². The predicted octanol–water partition coefficient (Wildman–Crippen LogP) is 0.367. The first-order valence-corrected chi connectivity index (χ1v) is 8.96. The first-order valence-electron chi connectivity index (χ1n) is 7.48. The van der Waals surface area contributed by atoms with Crippen molar-refractivity contribution in [3.63, 3.8) is 0 Å². The van der Waals surface area contributed by atoms with E-state index in [1.165, 1.54) is 12.8 Å². The highest BCUT2D eigenvalue weighted by molar-refractivity contribution is 7.89. The Kier molecular flexibility index (Phi) is 4.58. The zero-order valence-electron chi connectivity index (χ0n) is 12.0. The molecule has 2 fully saturated rings. The maximum atomic E-state index is 12.4. The SMILES string of the molecule is O=S(=O)(NCC1CCOCC1)c1[nH]ncc1CNC1CC1. The van der Waals surface area contributed by atoms with Gasteiger partial charge in [0, 0.05) is 37.9 Å². The smallest absolute Gasteiger partial charge is 0.257 e. The molecule has 0 unspecified atom stereocenters. The van der Waals surface area contributed by atoms with E-state index in [1.807, 2.05) is 0 Å². The van der Waals surface area contributed by atoms with Crippen LogP contribution in [0.25, 0.3) is 0 Å². The fraction of sp³-hybridized carbons (Fsp3) is 0.769. The Morgan fingerprint density at radius 2 is 2.05 bits per heavy atom. The molecule has 0 aromatic carbocycles. The number of H-pyrrole nitrogens is 1. The van der Waals surface area contributed by atoms with Crippen LogP contribution >= 0.6 is 0 Å². The molecule has 3 rings (SSSR count). The van der Waals surface area contributed by atoms with Crippen LogP contribution in [0.2, 0.25) is 0 Å². The predicted molar refractivity (Wildman–Crippen MR) is 77.2 cm³/mol. The Labute approximate surface area is 124 Å². The molecule has 2 aliphatic rings. The molecule has 118 valence electrons. The fourth-order valence-corrected chi connectivity index (χ4v) is 3.69. The number of nitrogens with zero attached hydrogens (tertiary/aromatic N) is 1. The van der Waals surface area contributed by atoms with Gasteiger partial charge in [0.15, 0.2) is 5.03 Å². The minimum Gasteiger partial charge on any atom is -0.381 e. The summed E-state index contributed by atoms with van der Waals surface area (Å²) in [6, 6.07) is 0.533. The lowest BCUT2D eigenvalue weighted by molar-refractivity contribution is 0.0678. The quantitative estimate of drug-likeness (QED) is 0.675. The third-order valence-electron chi connectivity index (χ3n) is 4.01. The molecule has 7 nitrogen and oxygen atoms in total. The van der Waals surface area contributed by atoms with E-state index in [-0.39, 0.29) is 5.03 Å². The summed E-state index contributed by atoms with van der Waals surface area (Å²) in [5, 5.41) is 9.98. The fourth-order valence-electron chi connectivity index (χ4n) is 2.45. The van der Waals surface area contributed by atoms with Crippen LogP contribution in [-0.2, 0) is 21.3 Å². The van der Waals surface area contributed by atoms with Gasteiger partial charge < -0.3 is 10.1 Å². The average molecular weight is 314 g/mol. The molecule has 0 radical (unpaired) electrons. The Morgan fingerprint density at radius 1 is 1.29 bits per heavy atom. The largest absolute Gasteiger partial charge is 0.381 e. The van der Waals surface area contributed by atoms with Gasteiger partial charge in [-0.15, -0.1) is 0 Å². The van der Waals surface area contributed by atoms with Gasteiger partial charge in [-0.1, -0.05) is 0 Å². The van der Waals surface area contributed by atoms with E-state index in [1.54, 1.807) is 6.20 Å². The third kappa shape index (κ3) is 4.03. The van der Waals surface area contributed by atoms with E-state index in [0.717, 1.165) is 12.8 Å². The van der Waals surface area contributed by atoms with Crippen molar-refractivity contribution in [2.75, 3.05) is 19.8 Å². The van der Waals surface area contributed by atoms with E-state index in [0.29, 0.717) is 43.8 Å². The normalized spacial score (nSPS) is 20.8. The molecule has 1 aliphatic heterocycles. The Morgan fingerprint density at radius 3 is 2.76 bits per heavy atom. The van der Waals surface area contributed by atoms with E-state index in [2.05, 4.69) is 20.2 Å². The first-order chi connectivity index (χ1) is 10.1. The summed E-state index contributed by atoms with van der Waals surface area (Å²) in [5.41, 5.74) is 0.696. The van der Waals surface area contributed by atoms with Crippen molar-refractivity contribution >= 4 is 10.0 Å². The van der Waals surface area contributed by atoms with Crippen LogP contribution in [0.3, 0.4) is 0 Å². The zero-order chi connectivity index (χ0) is 14.7. The molecule has 1 aromatic heterocycles. The van der Waals surface area contributed by atoms with Crippen LogP contribution in [0.15, 0.2) is 11.2 Å². The average Bonchev–Trinajstić information content (AvgIpc) is 3.20. The van der Waals surface area contributed by atoms with Crippen LogP contribution < -0.4 is 10.0 Å². The highest BCUT2D eigenvalue weighted by Gasteiger charge is 2.25. The second-order valence-corrected chi connectivity index (χ2v) is 7.49. The summed E-state index contributed by atoms with van der Waals surface area (Å²) >= 11 is 0. The Hall–Kier alpha value is -0.960. The highest BCUT2D eigenvalue weighted by atomic mass is 32.2. The number of nitrogens with one attached hydrogen (secondary N) is 3. The molecule has 2 heterocycles. The van der Waals surface area contributed by atoms with Crippen molar-refractivity contribution in [2.24, 2.45) is 5.92 Å². The Bertz CT molecular complexity index is 562. The van der Waals surface area contributed by atoms with Crippen molar-refractivity contribution in [3.05, 3.63) is 11.8 Å². The molecule has 0 atom stereocenters. The third-order valence-corrected chi connectivity index (χ3v) is 5.45. The van der Waals surface area contributed by atoms with Gasteiger partial charge >= 0.3 is 0 Å². The van der Waals surface area contributed by atoms with Gasteiger partial charge in [0.25, 0.3) is 10.0 Å². The first kappa shape index (κ1) is 15.0. The number of aromatic amines is 1. The molecular weight excluding hydrogens is 292 g/mol. The molecule has 21 heavy (non-hydrogen) atoms. The maximum Gasteiger partial charge on any atom is 0.257 e. The van der Waals surface area contributed by atoms with E-state index in [9.17, 15) is 8.42 Å². The number of aromatic nitrogens is 2. The second-order valence-electron chi connectivity index (χ2n) is 5.79. The summed E-state index contributed by atoms with van der Waals surface area (Å²) in [5.74, 6) is 0.351. The molecule has 1 saturated carbocycles. The molecule has 0 bridgehead atoms. The summed E-state index contributed by atoms with van der Waals surface area (Å²) in [4.78, 5) is 0. The lowest BCUT2D eigenvalue weighted by Crippen LogP contribution is -2.33. The molecule has 0 spiro atoms. The molecule has 0 amide bonds. The number of hydrogen-bond donors (Lipinski definition) is 3. The number of ether oxygens (including phenoxy) is 1. The van der Waals surface area contributed by atoms with Gasteiger partial charge in [-0.05, 0) is 31.6 Å². The Balaban J connectivity index is 1.59. The van der Waals surface area contributed by atoms with Crippen LogP contribution in [-0.4, -0.2) is 44.4 Å². The molecule has 1 saturated heterocycles. The molecular formula is C13H22N4O3S. The van der Waals surface area contributed by atoms with Gasteiger partial charge in [-0.3, -0.25) is 5.10 Å². The summed E-state index contributed by atoms with van der Waals surface area (Å²) in [6.07, 6.45) is 5.73. The molecule has 1 aliphatic carbocycles. The van der Waals surface area contributed by atoms with Crippen molar-refractivity contribution in [1.82, 2.24) is 20.2 Å². The van der Waals surface area contributed by atoms with Crippen molar-refractivity contribution in [1.29, 1.82) is 0 Å². The van der Waals surface area contributed by atoms with E-state index >= 15 is 0 Å². The second kappa shape index (κ2) is 6.43. The topological polar surface area (TPSA) is 96.1 Å². The minimum absolute atomic E-state index is 0.183. The van der Waals surface area contributed by atoms with E-state index < -0.39 is 10.0 Å². The van der Waals surface area contributed by atoms with Crippen LogP contribution in [0.5, 0.6) is 0 Å². The minimum atomic E-state index is -3.52. The monoisotopic (exact) mass is 314 g/mol. The molecule has 3 N–H and O–H groups in total. The number of sulfonamides is 1.